The molecule has 0 aliphatic heterocycles. The van der Waals surface area contributed by atoms with E-state index in [-0.39, 0.29) is 6.42 Å². The molecule has 0 spiro atoms. The molecule has 3 nitrogen and oxygen atoms in total. The molecule has 0 aliphatic rings. The van der Waals surface area contributed by atoms with Crippen LogP contribution < -0.4 is 0 Å². The van der Waals surface area contributed by atoms with Gasteiger partial charge in [-0.1, -0.05) is 0 Å². The molecule has 110 valence electrons. The Balaban J connectivity index is 2.70. The Morgan fingerprint density at radius 2 is 1.74 bits per heavy atom. The highest BCUT2D eigenvalue weighted by Gasteiger charge is 2.59. The maximum atomic E-state index is 12.3. The van der Waals surface area contributed by atoms with E-state index in [9.17, 15) is 31.4 Å². The monoisotopic (exact) mass is 290 g/mol. The molecule has 0 fully saturated rings. The van der Waals surface area contributed by atoms with Crippen molar-refractivity contribution < 1.29 is 31.4 Å². The molecule has 0 radical (unpaired) electrons. The lowest BCUT2D eigenvalue weighted by molar-refractivity contribution is -0.306. The normalized spacial score (nSPS) is 15.0. The van der Waals surface area contributed by atoms with E-state index in [1.165, 1.54) is 17.1 Å². The third kappa shape index (κ3) is 4.41. The van der Waals surface area contributed by atoms with E-state index in [4.69, 9.17) is 0 Å². The van der Waals surface area contributed by atoms with Gasteiger partial charge >= 0.3 is 12.4 Å². The fourth-order valence-electron chi connectivity index (χ4n) is 1.70. The summed E-state index contributed by atoms with van der Waals surface area (Å²) in [6.07, 6.45) is -11.5. The summed E-state index contributed by atoms with van der Waals surface area (Å²) in [5.41, 5.74) is 0.463. The number of aromatic nitrogens is 2. The Bertz CT molecular complexity index is 397. The first-order valence-electron chi connectivity index (χ1n) is 5.31. The van der Waals surface area contributed by atoms with Crippen LogP contribution in [0.3, 0.4) is 0 Å². The quantitative estimate of drug-likeness (QED) is 0.865. The number of aliphatic hydroxyl groups is 1. The molecule has 19 heavy (non-hydrogen) atoms. The van der Waals surface area contributed by atoms with Crippen molar-refractivity contribution in [1.82, 2.24) is 9.78 Å². The fourth-order valence-corrected chi connectivity index (χ4v) is 1.70. The van der Waals surface area contributed by atoms with Crippen LogP contribution in [0.5, 0.6) is 0 Å². The predicted octanol–water partition coefficient (Wildman–Crippen LogP) is 2.45. The number of hydrogen-bond donors (Lipinski definition) is 1. The molecule has 0 aliphatic carbocycles. The molecule has 1 N–H and O–H groups in total. The topological polar surface area (TPSA) is 38.0 Å². The van der Waals surface area contributed by atoms with E-state index in [0.29, 0.717) is 5.56 Å². The van der Waals surface area contributed by atoms with E-state index in [1.54, 1.807) is 7.05 Å². The molecule has 1 aromatic heterocycles. The Labute approximate surface area is 104 Å². The predicted molar refractivity (Wildman–Crippen MR) is 53.1 cm³/mol. The Kier molecular flexibility index (Phi) is 4.49. The van der Waals surface area contributed by atoms with Gasteiger partial charge in [0.15, 0.2) is 5.92 Å². The van der Waals surface area contributed by atoms with E-state index in [0.717, 1.165) is 0 Å². The summed E-state index contributed by atoms with van der Waals surface area (Å²) in [6, 6.07) is 0. The third-order valence-corrected chi connectivity index (χ3v) is 2.58. The van der Waals surface area contributed by atoms with Crippen LogP contribution in [0.1, 0.15) is 12.0 Å². The molecule has 1 rings (SSSR count). The summed E-state index contributed by atoms with van der Waals surface area (Å²) < 4.78 is 75.2. The van der Waals surface area contributed by atoms with Crippen molar-refractivity contribution in [2.45, 2.75) is 31.3 Å². The van der Waals surface area contributed by atoms with Gasteiger partial charge in [-0.3, -0.25) is 4.68 Å². The van der Waals surface area contributed by atoms with Gasteiger partial charge < -0.3 is 5.11 Å². The van der Waals surface area contributed by atoms with Crippen molar-refractivity contribution >= 4 is 0 Å². The van der Waals surface area contributed by atoms with Gasteiger partial charge in [0, 0.05) is 13.2 Å². The number of alkyl halides is 6. The number of rotatable bonds is 4. The highest BCUT2D eigenvalue weighted by atomic mass is 19.4. The van der Waals surface area contributed by atoms with Gasteiger partial charge in [-0.25, -0.2) is 0 Å². The lowest BCUT2D eigenvalue weighted by Crippen LogP contribution is -2.45. The van der Waals surface area contributed by atoms with Gasteiger partial charge in [0.25, 0.3) is 0 Å². The number of hydrogen-bond acceptors (Lipinski definition) is 2. The molecule has 0 saturated heterocycles. The molecule has 0 bridgehead atoms. The first-order valence-corrected chi connectivity index (χ1v) is 5.31. The minimum atomic E-state index is -5.52. The Morgan fingerprint density at radius 3 is 2.11 bits per heavy atom. The molecular formula is C10H12F6N2O. The number of nitrogens with zero attached hydrogens (tertiary/aromatic N) is 2. The number of aliphatic hydroxyl groups excluding tert-OH is 1. The second-order valence-corrected chi connectivity index (χ2v) is 4.19. The molecule has 0 aromatic carbocycles. The van der Waals surface area contributed by atoms with Crippen LogP contribution in [0.4, 0.5) is 26.3 Å². The summed E-state index contributed by atoms with van der Waals surface area (Å²) >= 11 is 0. The van der Waals surface area contributed by atoms with Gasteiger partial charge in [-0.05, 0) is 18.4 Å². The summed E-state index contributed by atoms with van der Waals surface area (Å²) in [7, 11) is 1.56. The van der Waals surface area contributed by atoms with Gasteiger partial charge in [0.2, 0.25) is 0 Å². The third-order valence-electron chi connectivity index (χ3n) is 2.58. The zero-order valence-electron chi connectivity index (χ0n) is 9.83. The molecule has 1 heterocycles. The average molecular weight is 290 g/mol. The molecular weight excluding hydrogens is 278 g/mol. The lowest BCUT2D eigenvalue weighted by atomic mass is 9.96. The van der Waals surface area contributed by atoms with Crippen LogP contribution in [0.2, 0.25) is 0 Å². The van der Waals surface area contributed by atoms with Crippen molar-refractivity contribution in [2.24, 2.45) is 13.0 Å². The molecule has 1 aromatic rings. The maximum Gasteiger partial charge on any atom is 0.403 e. The van der Waals surface area contributed by atoms with Crippen molar-refractivity contribution in [3.63, 3.8) is 0 Å². The van der Waals surface area contributed by atoms with Crippen LogP contribution in [0.15, 0.2) is 12.4 Å². The van der Waals surface area contributed by atoms with Crippen LogP contribution in [0.25, 0.3) is 0 Å². The zero-order chi connectivity index (χ0) is 14.8. The van der Waals surface area contributed by atoms with Gasteiger partial charge in [-0.2, -0.15) is 31.4 Å². The summed E-state index contributed by atoms with van der Waals surface area (Å²) in [5.74, 6) is -3.73. The second-order valence-electron chi connectivity index (χ2n) is 4.19. The van der Waals surface area contributed by atoms with Crippen LogP contribution in [-0.4, -0.2) is 33.3 Å². The number of aryl methyl sites for hydroxylation is 2. The molecule has 0 amide bonds. The summed E-state index contributed by atoms with van der Waals surface area (Å²) in [5, 5.41) is 12.9. The minimum Gasteiger partial charge on any atom is -0.392 e. The first kappa shape index (κ1) is 15.8. The highest BCUT2D eigenvalue weighted by molar-refractivity contribution is 5.04. The van der Waals surface area contributed by atoms with E-state index in [1.807, 2.05) is 0 Å². The Morgan fingerprint density at radius 1 is 1.21 bits per heavy atom. The van der Waals surface area contributed by atoms with Gasteiger partial charge in [-0.15, -0.1) is 0 Å². The van der Waals surface area contributed by atoms with Crippen molar-refractivity contribution in [3.8, 4) is 0 Å². The second kappa shape index (κ2) is 5.40. The lowest BCUT2D eigenvalue weighted by Gasteiger charge is -2.27. The van der Waals surface area contributed by atoms with Crippen molar-refractivity contribution in [3.05, 3.63) is 18.0 Å². The Hall–Kier alpha value is -1.25. The minimum absolute atomic E-state index is 0.113. The smallest absolute Gasteiger partial charge is 0.392 e. The zero-order valence-corrected chi connectivity index (χ0v) is 9.83. The largest absolute Gasteiger partial charge is 0.403 e. The standard InChI is InChI=1S/C10H12F6N2O/c1-18-5-6(4-17-18)2-3-7(19)8(9(11,12)13)10(14,15)16/h4-5,7-8,19H,2-3H2,1H3. The van der Waals surface area contributed by atoms with Gasteiger partial charge in [0.05, 0.1) is 12.3 Å². The summed E-state index contributed by atoms with van der Waals surface area (Å²) in [4.78, 5) is 0. The van der Waals surface area contributed by atoms with Crippen LogP contribution in [-0.2, 0) is 13.5 Å². The van der Waals surface area contributed by atoms with Crippen LogP contribution >= 0.6 is 0 Å². The van der Waals surface area contributed by atoms with E-state index in [2.05, 4.69) is 5.10 Å². The fraction of sp³-hybridized carbons (Fsp3) is 0.700. The molecule has 1 atom stereocenters. The average Bonchev–Trinajstić information content (AvgIpc) is 2.56. The van der Waals surface area contributed by atoms with Crippen molar-refractivity contribution in [2.75, 3.05) is 0 Å². The molecule has 0 saturated carbocycles. The number of halogens is 6. The summed E-state index contributed by atoms with van der Waals surface area (Å²) in [6.45, 7) is 0. The van der Waals surface area contributed by atoms with E-state index < -0.39 is 30.8 Å². The maximum absolute atomic E-state index is 12.3. The van der Waals surface area contributed by atoms with Gasteiger partial charge in [0.1, 0.15) is 0 Å². The SMILES string of the molecule is Cn1cc(CCC(O)C(C(F)(F)F)C(F)(F)F)cn1. The highest BCUT2D eigenvalue weighted by Crippen LogP contribution is 2.42. The molecule has 1 unspecified atom stereocenters. The molecule has 9 heteroatoms. The van der Waals surface area contributed by atoms with Crippen molar-refractivity contribution in [1.29, 1.82) is 0 Å². The van der Waals surface area contributed by atoms with Crippen LogP contribution in [0, 0.1) is 5.92 Å². The first-order chi connectivity index (χ1) is 8.51. The van der Waals surface area contributed by atoms with E-state index >= 15 is 0 Å².